The van der Waals surface area contributed by atoms with E-state index in [0.717, 1.165) is 12.1 Å². The van der Waals surface area contributed by atoms with Crippen molar-refractivity contribution in [2.75, 3.05) is 25.1 Å². The predicted octanol–water partition coefficient (Wildman–Crippen LogP) is 2.32. The van der Waals surface area contributed by atoms with E-state index in [4.69, 9.17) is 4.74 Å². The largest absolute Gasteiger partial charge is 0.492 e. The van der Waals surface area contributed by atoms with Crippen LogP contribution in [0.15, 0.2) is 42.5 Å². The summed E-state index contributed by atoms with van der Waals surface area (Å²) in [4.78, 5) is 39.2. The average molecular weight is 431 g/mol. The van der Waals surface area contributed by atoms with Crippen molar-refractivity contribution in [3.05, 3.63) is 59.7 Å². The lowest BCUT2D eigenvalue weighted by Gasteiger charge is -2.21. The van der Waals surface area contributed by atoms with E-state index in [2.05, 4.69) is 10.6 Å². The van der Waals surface area contributed by atoms with E-state index in [1.54, 1.807) is 24.3 Å². The molecule has 2 aromatic carbocycles. The summed E-state index contributed by atoms with van der Waals surface area (Å²) in [6.45, 7) is 2.36. The van der Waals surface area contributed by atoms with Gasteiger partial charge < -0.3 is 20.3 Å². The summed E-state index contributed by atoms with van der Waals surface area (Å²) in [6, 6.07) is 8.77. The predicted molar refractivity (Wildman–Crippen MR) is 109 cm³/mol. The van der Waals surface area contributed by atoms with E-state index in [1.807, 2.05) is 6.92 Å². The van der Waals surface area contributed by atoms with Crippen LogP contribution in [0.4, 0.5) is 14.5 Å². The van der Waals surface area contributed by atoms with Crippen molar-refractivity contribution in [2.24, 2.45) is 5.92 Å². The molecule has 3 amide bonds. The van der Waals surface area contributed by atoms with Crippen LogP contribution in [0.2, 0.25) is 0 Å². The molecule has 0 saturated carbocycles. The summed E-state index contributed by atoms with van der Waals surface area (Å²) >= 11 is 0. The Labute approximate surface area is 178 Å². The van der Waals surface area contributed by atoms with Crippen LogP contribution in [0.5, 0.6) is 5.75 Å². The molecule has 1 saturated heterocycles. The number of nitrogens with one attached hydrogen (secondary N) is 2. The van der Waals surface area contributed by atoms with Gasteiger partial charge in [-0.2, -0.15) is 0 Å². The first-order valence-corrected chi connectivity index (χ1v) is 9.84. The normalized spacial score (nSPS) is 16.7. The molecule has 2 unspecified atom stereocenters. The maximum Gasteiger partial charge on any atom is 0.246 e. The van der Waals surface area contributed by atoms with E-state index < -0.39 is 35.4 Å². The van der Waals surface area contributed by atoms with Crippen LogP contribution in [0.1, 0.15) is 24.9 Å². The third-order valence-corrected chi connectivity index (χ3v) is 5.02. The molecule has 0 aromatic heterocycles. The highest BCUT2D eigenvalue weighted by atomic mass is 19.2. The summed E-state index contributed by atoms with van der Waals surface area (Å²) < 4.78 is 32.5. The zero-order valence-corrected chi connectivity index (χ0v) is 17.2. The van der Waals surface area contributed by atoms with Gasteiger partial charge in [0, 0.05) is 20.0 Å². The van der Waals surface area contributed by atoms with Crippen LogP contribution in [0, 0.1) is 17.6 Å². The van der Waals surface area contributed by atoms with Gasteiger partial charge in [0.25, 0.3) is 0 Å². The monoisotopic (exact) mass is 431 g/mol. The van der Waals surface area contributed by atoms with Crippen molar-refractivity contribution in [2.45, 2.75) is 19.4 Å². The van der Waals surface area contributed by atoms with Crippen LogP contribution in [0.25, 0.3) is 0 Å². The second-order valence-electron chi connectivity index (χ2n) is 7.04. The molecule has 2 aromatic rings. The fourth-order valence-electron chi connectivity index (χ4n) is 3.47. The molecule has 2 N–H and O–H groups in total. The van der Waals surface area contributed by atoms with Crippen molar-refractivity contribution in [3.8, 4) is 5.75 Å². The van der Waals surface area contributed by atoms with E-state index in [9.17, 15) is 23.2 Å². The molecule has 1 aliphatic heterocycles. The molecule has 0 aliphatic carbocycles. The van der Waals surface area contributed by atoms with Gasteiger partial charge in [-0.25, -0.2) is 8.78 Å². The first-order valence-electron chi connectivity index (χ1n) is 9.84. The molecule has 1 fully saturated rings. The van der Waals surface area contributed by atoms with Gasteiger partial charge in [0.05, 0.1) is 18.2 Å². The van der Waals surface area contributed by atoms with Crippen LogP contribution in [-0.4, -0.2) is 37.9 Å². The van der Waals surface area contributed by atoms with E-state index >= 15 is 0 Å². The Morgan fingerprint density at radius 2 is 1.94 bits per heavy atom. The number of carbonyl (C=O) groups excluding carboxylic acids is 3. The molecule has 7 nitrogen and oxygen atoms in total. The number of benzene rings is 2. The zero-order valence-electron chi connectivity index (χ0n) is 17.2. The number of rotatable bonds is 7. The Kier molecular flexibility index (Phi) is 6.84. The van der Waals surface area contributed by atoms with Crippen molar-refractivity contribution in [1.82, 2.24) is 10.6 Å². The maximum absolute atomic E-state index is 13.7. The summed E-state index contributed by atoms with van der Waals surface area (Å²) in [5.74, 6) is -3.77. The average Bonchev–Trinajstić information content (AvgIpc) is 3.15. The van der Waals surface area contributed by atoms with Gasteiger partial charge in [0.2, 0.25) is 17.7 Å². The number of likely N-dealkylation sites (N-methyl/N-ethyl adjacent to an activating group) is 1. The second kappa shape index (κ2) is 9.55. The van der Waals surface area contributed by atoms with Crippen molar-refractivity contribution in [1.29, 1.82) is 0 Å². The lowest BCUT2D eigenvalue weighted by Crippen LogP contribution is -2.42. The first-order chi connectivity index (χ1) is 14.8. The molecule has 0 bridgehead atoms. The molecular weight excluding hydrogens is 408 g/mol. The van der Waals surface area contributed by atoms with Gasteiger partial charge in [0.15, 0.2) is 11.6 Å². The van der Waals surface area contributed by atoms with E-state index in [-0.39, 0.29) is 24.4 Å². The number of ether oxygens (including phenoxy) is 1. The molecular formula is C22H23F2N3O4. The number of amides is 3. The third kappa shape index (κ3) is 4.82. The minimum atomic E-state index is -1.23. The topological polar surface area (TPSA) is 87.7 Å². The molecule has 1 heterocycles. The second-order valence-corrected chi connectivity index (χ2v) is 7.04. The molecule has 0 spiro atoms. The number of carbonyl (C=O) groups is 3. The highest BCUT2D eigenvalue weighted by molar-refractivity contribution is 6.02. The molecule has 9 heteroatoms. The highest BCUT2D eigenvalue weighted by Gasteiger charge is 2.37. The van der Waals surface area contributed by atoms with Crippen molar-refractivity contribution >= 4 is 23.4 Å². The van der Waals surface area contributed by atoms with Crippen molar-refractivity contribution in [3.63, 3.8) is 0 Å². The molecule has 2 atom stereocenters. The van der Waals surface area contributed by atoms with Crippen LogP contribution in [-0.2, 0) is 14.4 Å². The fraction of sp³-hybridized carbons (Fsp3) is 0.318. The van der Waals surface area contributed by atoms with E-state index in [1.165, 1.54) is 18.0 Å². The van der Waals surface area contributed by atoms with Gasteiger partial charge in [-0.1, -0.05) is 18.2 Å². The summed E-state index contributed by atoms with van der Waals surface area (Å²) in [5, 5.41) is 4.95. The van der Waals surface area contributed by atoms with Crippen LogP contribution < -0.4 is 20.3 Å². The van der Waals surface area contributed by atoms with Crippen LogP contribution in [0.3, 0.4) is 0 Å². The minimum Gasteiger partial charge on any atom is -0.492 e. The van der Waals surface area contributed by atoms with Gasteiger partial charge >= 0.3 is 0 Å². The fourth-order valence-corrected chi connectivity index (χ4v) is 3.47. The van der Waals surface area contributed by atoms with E-state index in [0.29, 0.717) is 18.0 Å². The smallest absolute Gasteiger partial charge is 0.246 e. The van der Waals surface area contributed by atoms with Gasteiger partial charge in [-0.3, -0.25) is 14.4 Å². The standard InChI is InChI=1S/C22H23F2N3O4/c1-3-31-18-7-5-4-6-17(18)27-12-14(11-19(27)28)21(29)26-20(22(30)25-2)13-8-9-15(23)16(24)10-13/h4-10,14,20H,3,11-12H2,1-2H3,(H,25,30)(H,26,29). The highest BCUT2D eigenvalue weighted by Crippen LogP contribution is 2.33. The lowest BCUT2D eigenvalue weighted by molar-refractivity contribution is -0.131. The molecule has 0 radical (unpaired) electrons. The Balaban J connectivity index is 1.78. The zero-order chi connectivity index (χ0) is 22.5. The lowest BCUT2D eigenvalue weighted by atomic mass is 10.0. The number of nitrogens with zero attached hydrogens (tertiary/aromatic N) is 1. The van der Waals surface area contributed by atoms with Gasteiger partial charge in [0.1, 0.15) is 11.8 Å². The Morgan fingerprint density at radius 1 is 1.19 bits per heavy atom. The summed E-state index contributed by atoms with van der Waals surface area (Å²) in [6.07, 6.45) is -0.0511. The molecule has 31 heavy (non-hydrogen) atoms. The third-order valence-electron chi connectivity index (χ3n) is 5.02. The molecule has 164 valence electrons. The number of hydrogen-bond donors (Lipinski definition) is 2. The Bertz CT molecular complexity index is 998. The Morgan fingerprint density at radius 3 is 2.61 bits per heavy atom. The van der Waals surface area contributed by atoms with Crippen molar-refractivity contribution < 1.29 is 27.9 Å². The van der Waals surface area contributed by atoms with Gasteiger partial charge in [-0.05, 0) is 36.8 Å². The number of hydrogen-bond acceptors (Lipinski definition) is 4. The molecule has 1 aliphatic rings. The summed E-state index contributed by atoms with van der Waals surface area (Å²) in [7, 11) is 1.37. The number of para-hydroxylation sites is 2. The Hall–Kier alpha value is -3.49. The van der Waals surface area contributed by atoms with Crippen LogP contribution >= 0.6 is 0 Å². The summed E-state index contributed by atoms with van der Waals surface area (Å²) in [5.41, 5.74) is 0.655. The minimum absolute atomic E-state index is 0.0511. The number of anilines is 1. The first kappa shape index (κ1) is 22.2. The van der Waals surface area contributed by atoms with Gasteiger partial charge in [-0.15, -0.1) is 0 Å². The maximum atomic E-state index is 13.7. The quantitative estimate of drug-likeness (QED) is 0.705. The SMILES string of the molecule is CCOc1ccccc1N1CC(C(=O)NC(C(=O)NC)c2ccc(F)c(F)c2)CC1=O. The number of halogens is 2. The molecule has 3 rings (SSSR count).